The zero-order chi connectivity index (χ0) is 15.4. The zero-order valence-electron chi connectivity index (χ0n) is 11.4. The minimum absolute atomic E-state index is 0.0497. The van der Waals surface area contributed by atoms with Gasteiger partial charge in [-0.05, 0) is 29.8 Å². The molecule has 110 valence electrons. The van der Waals surface area contributed by atoms with E-state index in [2.05, 4.69) is 0 Å². The summed E-state index contributed by atoms with van der Waals surface area (Å²) in [5.41, 5.74) is 2.55. The predicted octanol–water partition coefficient (Wildman–Crippen LogP) is 4.62. The molecule has 0 aliphatic carbocycles. The van der Waals surface area contributed by atoms with Gasteiger partial charge in [0, 0.05) is 35.9 Å². The summed E-state index contributed by atoms with van der Waals surface area (Å²) in [6, 6.07) is 12.5. The third kappa shape index (κ3) is 3.86. The highest BCUT2D eigenvalue weighted by Gasteiger charge is 2.14. The van der Waals surface area contributed by atoms with Crippen LogP contribution in [0, 0.1) is 10.1 Å². The molecule has 2 rings (SSSR count). The van der Waals surface area contributed by atoms with Crippen LogP contribution in [-0.4, -0.2) is 12.0 Å². The molecule has 0 aromatic heterocycles. The lowest BCUT2D eigenvalue weighted by atomic mass is 10.1. The second-order valence-corrected chi connectivity index (χ2v) is 5.39. The summed E-state index contributed by atoms with van der Waals surface area (Å²) in [7, 11) is 1.92. The van der Waals surface area contributed by atoms with Crippen molar-refractivity contribution in [2.45, 2.75) is 12.4 Å². The first-order valence-corrected chi connectivity index (χ1v) is 7.21. The van der Waals surface area contributed by atoms with Crippen LogP contribution in [0.15, 0.2) is 42.5 Å². The van der Waals surface area contributed by atoms with Gasteiger partial charge in [-0.15, -0.1) is 11.6 Å². The Morgan fingerprint density at radius 3 is 2.43 bits per heavy atom. The minimum Gasteiger partial charge on any atom is -0.370 e. The van der Waals surface area contributed by atoms with Crippen LogP contribution in [0.5, 0.6) is 0 Å². The Kier molecular flexibility index (Phi) is 5.04. The average Bonchev–Trinajstić information content (AvgIpc) is 2.48. The van der Waals surface area contributed by atoms with Crippen molar-refractivity contribution >= 4 is 34.6 Å². The number of nitro benzene ring substituents is 1. The molecule has 2 aromatic carbocycles. The number of halogens is 2. The van der Waals surface area contributed by atoms with Crippen LogP contribution in [0.3, 0.4) is 0 Å². The first-order chi connectivity index (χ1) is 10.0. The summed E-state index contributed by atoms with van der Waals surface area (Å²) >= 11 is 11.7. The van der Waals surface area contributed by atoms with Crippen LogP contribution in [-0.2, 0) is 12.4 Å². The molecule has 21 heavy (non-hydrogen) atoms. The summed E-state index contributed by atoms with van der Waals surface area (Å²) in [6.45, 7) is 0.677. The molecule has 0 atom stereocenters. The molecule has 0 radical (unpaired) electrons. The van der Waals surface area contributed by atoms with E-state index >= 15 is 0 Å². The number of hydrogen-bond donors (Lipinski definition) is 0. The number of benzene rings is 2. The second kappa shape index (κ2) is 6.78. The van der Waals surface area contributed by atoms with E-state index in [-0.39, 0.29) is 11.6 Å². The maximum atomic E-state index is 10.9. The lowest BCUT2D eigenvalue weighted by molar-refractivity contribution is -0.385. The van der Waals surface area contributed by atoms with Gasteiger partial charge in [0.25, 0.3) is 5.69 Å². The van der Waals surface area contributed by atoms with Crippen molar-refractivity contribution in [3.05, 3.63) is 68.7 Å². The summed E-state index contributed by atoms with van der Waals surface area (Å²) in [5, 5.41) is 11.6. The molecule has 0 fully saturated rings. The second-order valence-electron chi connectivity index (χ2n) is 4.69. The van der Waals surface area contributed by atoms with Gasteiger partial charge < -0.3 is 4.90 Å². The van der Waals surface area contributed by atoms with Crippen molar-refractivity contribution in [1.29, 1.82) is 0 Å². The summed E-state index contributed by atoms with van der Waals surface area (Å²) in [6.07, 6.45) is 0. The van der Waals surface area contributed by atoms with E-state index in [1.165, 1.54) is 6.07 Å². The molecule has 2 aromatic rings. The first-order valence-electron chi connectivity index (χ1n) is 6.30. The molecule has 4 nitrogen and oxygen atoms in total. The van der Waals surface area contributed by atoms with E-state index in [1.807, 2.05) is 36.2 Å². The number of hydrogen-bond acceptors (Lipinski definition) is 3. The standard InChI is InChI=1S/C15H14Cl2N2O2/c1-18(10-11-2-4-13(17)5-3-11)14-6-7-15(19(20)21)12(8-14)9-16/h2-8H,9-10H2,1H3. The number of nitrogens with zero attached hydrogens (tertiary/aromatic N) is 2. The summed E-state index contributed by atoms with van der Waals surface area (Å²) in [4.78, 5) is 12.5. The summed E-state index contributed by atoms with van der Waals surface area (Å²) in [5.74, 6) is 0.110. The molecule has 0 saturated carbocycles. The third-order valence-electron chi connectivity index (χ3n) is 3.18. The van der Waals surface area contributed by atoms with Crippen LogP contribution in [0.2, 0.25) is 5.02 Å². The van der Waals surface area contributed by atoms with Crippen molar-refractivity contribution in [2.24, 2.45) is 0 Å². The topological polar surface area (TPSA) is 46.4 Å². The third-order valence-corrected chi connectivity index (χ3v) is 3.72. The van der Waals surface area contributed by atoms with Gasteiger partial charge >= 0.3 is 0 Å². The van der Waals surface area contributed by atoms with E-state index in [0.717, 1.165) is 11.3 Å². The van der Waals surface area contributed by atoms with Crippen molar-refractivity contribution < 1.29 is 4.92 Å². The van der Waals surface area contributed by atoms with Crippen LogP contribution in [0.1, 0.15) is 11.1 Å². The maximum Gasteiger partial charge on any atom is 0.273 e. The minimum atomic E-state index is -0.416. The lowest BCUT2D eigenvalue weighted by Crippen LogP contribution is -2.16. The lowest BCUT2D eigenvalue weighted by Gasteiger charge is -2.20. The van der Waals surface area contributed by atoms with E-state index in [0.29, 0.717) is 17.1 Å². The first kappa shape index (κ1) is 15.6. The zero-order valence-corrected chi connectivity index (χ0v) is 12.9. The Morgan fingerprint density at radius 2 is 1.86 bits per heavy atom. The van der Waals surface area contributed by atoms with Gasteiger partial charge in [0.05, 0.1) is 10.8 Å². The van der Waals surface area contributed by atoms with Gasteiger partial charge in [-0.3, -0.25) is 10.1 Å². The van der Waals surface area contributed by atoms with E-state index in [9.17, 15) is 10.1 Å². The smallest absolute Gasteiger partial charge is 0.273 e. The maximum absolute atomic E-state index is 10.9. The number of rotatable bonds is 5. The highest BCUT2D eigenvalue weighted by molar-refractivity contribution is 6.30. The molecule has 6 heteroatoms. The molecule has 0 amide bonds. The monoisotopic (exact) mass is 324 g/mol. The van der Waals surface area contributed by atoms with Crippen molar-refractivity contribution in [1.82, 2.24) is 0 Å². The van der Waals surface area contributed by atoms with Crippen molar-refractivity contribution in [3.8, 4) is 0 Å². The van der Waals surface area contributed by atoms with Gasteiger partial charge in [-0.25, -0.2) is 0 Å². The van der Waals surface area contributed by atoms with Crippen LogP contribution < -0.4 is 4.90 Å². The molecule has 0 saturated heterocycles. The fraction of sp³-hybridized carbons (Fsp3) is 0.200. The molecular weight excluding hydrogens is 311 g/mol. The number of alkyl halides is 1. The van der Waals surface area contributed by atoms with Gasteiger partial charge in [0.2, 0.25) is 0 Å². The Balaban J connectivity index is 2.21. The molecule has 0 unspecified atom stereocenters. The van der Waals surface area contributed by atoms with Gasteiger partial charge in [0.15, 0.2) is 0 Å². The molecular formula is C15H14Cl2N2O2. The number of nitro groups is 1. The molecule has 0 heterocycles. The Bertz CT molecular complexity index is 645. The van der Waals surface area contributed by atoms with Crippen molar-refractivity contribution in [2.75, 3.05) is 11.9 Å². The Morgan fingerprint density at radius 1 is 1.19 bits per heavy atom. The highest BCUT2D eigenvalue weighted by Crippen LogP contribution is 2.26. The van der Waals surface area contributed by atoms with Crippen molar-refractivity contribution in [3.63, 3.8) is 0 Å². The van der Waals surface area contributed by atoms with Crippen LogP contribution >= 0.6 is 23.2 Å². The Hall–Kier alpha value is -1.78. The average molecular weight is 325 g/mol. The Labute approximate surface area is 133 Å². The molecule has 0 spiro atoms. The largest absolute Gasteiger partial charge is 0.370 e. The predicted molar refractivity (Wildman–Crippen MR) is 86.2 cm³/mol. The normalized spacial score (nSPS) is 10.4. The summed E-state index contributed by atoms with van der Waals surface area (Å²) < 4.78 is 0. The SMILES string of the molecule is CN(Cc1ccc(Cl)cc1)c1ccc([N+](=O)[O-])c(CCl)c1. The van der Waals surface area contributed by atoms with Crippen LogP contribution in [0.4, 0.5) is 11.4 Å². The van der Waals surface area contributed by atoms with Gasteiger partial charge in [-0.2, -0.15) is 0 Å². The van der Waals surface area contributed by atoms with Gasteiger partial charge in [-0.1, -0.05) is 23.7 Å². The molecule has 0 aliphatic heterocycles. The fourth-order valence-corrected chi connectivity index (χ4v) is 2.39. The molecule has 0 N–H and O–H groups in total. The molecule has 0 aliphatic rings. The number of anilines is 1. The van der Waals surface area contributed by atoms with Crippen LogP contribution in [0.25, 0.3) is 0 Å². The quantitative estimate of drug-likeness (QED) is 0.458. The van der Waals surface area contributed by atoms with E-state index in [1.54, 1.807) is 12.1 Å². The van der Waals surface area contributed by atoms with Gasteiger partial charge in [0.1, 0.15) is 0 Å². The fourth-order valence-electron chi connectivity index (χ4n) is 2.05. The molecule has 0 bridgehead atoms. The highest BCUT2D eigenvalue weighted by atomic mass is 35.5. The van der Waals surface area contributed by atoms with E-state index < -0.39 is 4.92 Å². The van der Waals surface area contributed by atoms with E-state index in [4.69, 9.17) is 23.2 Å².